The first-order chi connectivity index (χ1) is 12.2. The Hall–Kier alpha value is -2.74. The van der Waals surface area contributed by atoms with Gasteiger partial charge in [0.25, 0.3) is 5.91 Å². The normalized spacial score (nSPS) is 10.7. The van der Waals surface area contributed by atoms with Crippen LogP contribution in [0.3, 0.4) is 0 Å². The van der Waals surface area contributed by atoms with E-state index in [-0.39, 0.29) is 0 Å². The minimum absolute atomic E-state index is 0.305. The highest BCUT2D eigenvalue weighted by molar-refractivity contribution is 7.11. The number of thiazole rings is 1. The lowest BCUT2D eigenvalue weighted by atomic mass is 10.1. The molecule has 0 bridgehead atoms. The van der Waals surface area contributed by atoms with Crippen molar-refractivity contribution >= 4 is 17.2 Å². The molecule has 2 heterocycles. The molecule has 2 N–H and O–H groups in total. The average molecular weight is 357 g/mol. The van der Waals surface area contributed by atoms with Gasteiger partial charge in [-0.3, -0.25) is 9.48 Å². The highest BCUT2D eigenvalue weighted by Gasteiger charge is 2.07. The van der Waals surface area contributed by atoms with Crippen LogP contribution in [0.5, 0.6) is 5.75 Å². The fourth-order valence-corrected chi connectivity index (χ4v) is 3.01. The Morgan fingerprint density at radius 1 is 1.24 bits per heavy atom. The smallest absolute Gasteiger partial charge is 0.277 e. The summed E-state index contributed by atoms with van der Waals surface area (Å²) in [6, 6.07) is 8.05. The van der Waals surface area contributed by atoms with Crippen molar-refractivity contribution in [2.45, 2.75) is 32.4 Å². The molecule has 0 aliphatic heterocycles. The number of aromatic nitrogens is 4. The molecular formula is C17H19N5O2S. The molecule has 1 aromatic carbocycles. The number of rotatable bonds is 9. The van der Waals surface area contributed by atoms with E-state index in [4.69, 9.17) is 10.5 Å². The third kappa shape index (κ3) is 5.12. The number of primary amides is 1. The standard InChI is InChI=1S/C17H19N5O2S/c18-16(23)17-20-14(12-25-17)11-24-15-6-4-13(5-7-15)3-1-2-9-22-10-8-19-21-22/h4-8,10,12H,1-3,9,11H2,(H2,18,23). The third-order valence-electron chi connectivity index (χ3n) is 3.65. The van der Waals surface area contributed by atoms with Crippen LogP contribution in [-0.2, 0) is 19.6 Å². The average Bonchev–Trinajstić information content (AvgIpc) is 3.30. The SMILES string of the molecule is NC(=O)c1nc(COc2ccc(CCCCn3ccnn3)cc2)cs1. The Balaban J connectivity index is 1.41. The van der Waals surface area contributed by atoms with E-state index in [0.29, 0.717) is 17.3 Å². The molecule has 7 nitrogen and oxygen atoms in total. The van der Waals surface area contributed by atoms with Crippen LogP contribution in [0.4, 0.5) is 0 Å². The number of hydrogen-bond donors (Lipinski definition) is 1. The van der Waals surface area contributed by atoms with Crippen LogP contribution in [-0.4, -0.2) is 25.9 Å². The lowest BCUT2D eigenvalue weighted by Crippen LogP contribution is -2.10. The van der Waals surface area contributed by atoms with Gasteiger partial charge in [-0.25, -0.2) is 4.98 Å². The van der Waals surface area contributed by atoms with Crippen molar-refractivity contribution in [2.24, 2.45) is 5.73 Å². The summed E-state index contributed by atoms with van der Waals surface area (Å²) in [6.07, 6.45) is 6.74. The minimum Gasteiger partial charge on any atom is -0.487 e. The van der Waals surface area contributed by atoms with Crippen molar-refractivity contribution in [3.63, 3.8) is 0 Å². The van der Waals surface area contributed by atoms with E-state index in [1.165, 1.54) is 16.9 Å². The summed E-state index contributed by atoms with van der Waals surface area (Å²) in [7, 11) is 0. The van der Waals surface area contributed by atoms with Crippen molar-refractivity contribution < 1.29 is 9.53 Å². The number of benzene rings is 1. The number of carbonyl (C=O) groups is 1. The van der Waals surface area contributed by atoms with Crippen LogP contribution in [0.25, 0.3) is 0 Å². The van der Waals surface area contributed by atoms with E-state index in [2.05, 4.69) is 27.4 Å². The van der Waals surface area contributed by atoms with E-state index in [0.717, 1.165) is 31.6 Å². The molecule has 0 spiro atoms. The second-order valence-corrected chi connectivity index (χ2v) is 6.42. The number of unbranched alkanes of at least 4 members (excludes halogenated alkanes) is 1. The topological polar surface area (TPSA) is 95.9 Å². The summed E-state index contributed by atoms with van der Waals surface area (Å²) in [6.45, 7) is 1.21. The van der Waals surface area contributed by atoms with Gasteiger partial charge in [-0.2, -0.15) is 0 Å². The van der Waals surface area contributed by atoms with Crippen LogP contribution >= 0.6 is 11.3 Å². The Labute approximate surface area is 149 Å². The number of aryl methyl sites for hydroxylation is 2. The molecule has 0 fully saturated rings. The quantitative estimate of drug-likeness (QED) is 0.593. The predicted octanol–water partition coefficient (Wildman–Crippen LogP) is 2.44. The predicted molar refractivity (Wildman–Crippen MR) is 94.4 cm³/mol. The first-order valence-electron chi connectivity index (χ1n) is 8.01. The van der Waals surface area contributed by atoms with Gasteiger partial charge in [-0.1, -0.05) is 17.3 Å². The molecule has 1 amide bonds. The van der Waals surface area contributed by atoms with Crippen LogP contribution in [0.2, 0.25) is 0 Å². The molecule has 0 aliphatic carbocycles. The van der Waals surface area contributed by atoms with Crippen LogP contribution in [0.15, 0.2) is 42.0 Å². The van der Waals surface area contributed by atoms with Crippen molar-refractivity contribution in [3.05, 3.63) is 58.3 Å². The molecule has 3 aromatic rings. The molecule has 8 heteroatoms. The maximum Gasteiger partial charge on any atom is 0.277 e. The maximum atomic E-state index is 11.0. The molecule has 3 rings (SSSR count). The first kappa shape index (κ1) is 17.1. The molecule has 0 saturated carbocycles. The summed E-state index contributed by atoms with van der Waals surface area (Å²) in [5, 5.41) is 9.83. The van der Waals surface area contributed by atoms with Crippen molar-refractivity contribution in [1.82, 2.24) is 20.0 Å². The van der Waals surface area contributed by atoms with Gasteiger partial charge < -0.3 is 10.5 Å². The van der Waals surface area contributed by atoms with E-state index < -0.39 is 5.91 Å². The van der Waals surface area contributed by atoms with Gasteiger partial charge in [0.15, 0.2) is 5.01 Å². The molecule has 25 heavy (non-hydrogen) atoms. The Morgan fingerprint density at radius 3 is 2.76 bits per heavy atom. The van der Waals surface area contributed by atoms with Crippen LogP contribution < -0.4 is 10.5 Å². The molecule has 0 unspecified atom stereocenters. The summed E-state index contributed by atoms with van der Waals surface area (Å²) in [5.74, 6) is 0.268. The van der Waals surface area contributed by atoms with E-state index in [1.54, 1.807) is 11.6 Å². The molecule has 0 atom stereocenters. The zero-order chi connectivity index (χ0) is 17.5. The minimum atomic E-state index is -0.510. The lowest BCUT2D eigenvalue weighted by molar-refractivity contribution is 0.0999. The van der Waals surface area contributed by atoms with E-state index in [1.807, 2.05) is 23.0 Å². The number of carbonyl (C=O) groups excluding carboxylic acids is 1. The van der Waals surface area contributed by atoms with Gasteiger partial charge in [-0.05, 0) is 37.0 Å². The fraction of sp³-hybridized carbons (Fsp3) is 0.294. The van der Waals surface area contributed by atoms with E-state index in [9.17, 15) is 4.79 Å². The second kappa shape index (κ2) is 8.39. The van der Waals surface area contributed by atoms with Crippen LogP contribution in [0, 0.1) is 0 Å². The summed E-state index contributed by atoms with van der Waals surface area (Å²) in [4.78, 5) is 15.1. The Morgan fingerprint density at radius 2 is 2.08 bits per heavy atom. The number of nitrogens with two attached hydrogens (primary N) is 1. The largest absolute Gasteiger partial charge is 0.487 e. The fourth-order valence-electron chi connectivity index (χ4n) is 2.35. The molecule has 0 radical (unpaired) electrons. The van der Waals surface area contributed by atoms with Gasteiger partial charge >= 0.3 is 0 Å². The monoisotopic (exact) mass is 357 g/mol. The maximum absolute atomic E-state index is 11.0. The number of ether oxygens (including phenoxy) is 1. The third-order valence-corrected chi connectivity index (χ3v) is 4.55. The summed E-state index contributed by atoms with van der Waals surface area (Å²) in [5.41, 5.74) is 7.17. The first-order valence-corrected chi connectivity index (χ1v) is 8.89. The zero-order valence-corrected chi connectivity index (χ0v) is 14.5. The van der Waals surface area contributed by atoms with Crippen LogP contribution in [0.1, 0.15) is 33.9 Å². The van der Waals surface area contributed by atoms with Crippen molar-refractivity contribution in [1.29, 1.82) is 0 Å². The number of nitrogens with zero attached hydrogens (tertiary/aromatic N) is 4. The van der Waals surface area contributed by atoms with Crippen molar-refractivity contribution in [3.8, 4) is 5.75 Å². The highest BCUT2D eigenvalue weighted by Crippen LogP contribution is 2.17. The van der Waals surface area contributed by atoms with Gasteiger partial charge in [0, 0.05) is 18.1 Å². The summed E-state index contributed by atoms with van der Waals surface area (Å²) < 4.78 is 7.53. The number of amides is 1. The molecule has 2 aromatic heterocycles. The zero-order valence-electron chi connectivity index (χ0n) is 13.7. The van der Waals surface area contributed by atoms with Gasteiger partial charge in [-0.15, -0.1) is 16.4 Å². The molecule has 0 saturated heterocycles. The lowest BCUT2D eigenvalue weighted by Gasteiger charge is -2.06. The van der Waals surface area contributed by atoms with E-state index >= 15 is 0 Å². The highest BCUT2D eigenvalue weighted by atomic mass is 32.1. The van der Waals surface area contributed by atoms with Gasteiger partial charge in [0.2, 0.25) is 0 Å². The Kier molecular flexibility index (Phi) is 5.73. The molecule has 130 valence electrons. The Bertz CT molecular complexity index is 799. The van der Waals surface area contributed by atoms with Crippen molar-refractivity contribution in [2.75, 3.05) is 0 Å². The molecular weight excluding hydrogens is 338 g/mol. The molecule has 0 aliphatic rings. The summed E-state index contributed by atoms with van der Waals surface area (Å²) >= 11 is 1.23. The van der Waals surface area contributed by atoms with Gasteiger partial charge in [0.1, 0.15) is 12.4 Å². The van der Waals surface area contributed by atoms with Gasteiger partial charge in [0.05, 0.1) is 11.9 Å². The second-order valence-electron chi connectivity index (χ2n) is 5.56. The number of hydrogen-bond acceptors (Lipinski definition) is 6.